The first kappa shape index (κ1) is 12.7. The van der Waals surface area contributed by atoms with Crippen molar-refractivity contribution in [2.24, 2.45) is 0 Å². The highest BCUT2D eigenvalue weighted by Crippen LogP contribution is 2.32. The van der Waals surface area contributed by atoms with Crippen LogP contribution in [0.25, 0.3) is 21.9 Å². The van der Waals surface area contributed by atoms with E-state index in [-0.39, 0.29) is 5.58 Å². The monoisotopic (exact) mass is 279 g/mol. The smallest absolute Gasteiger partial charge is 0.416 e. The Balaban J connectivity index is 2.46. The standard InChI is InChI=1S/C14H8F3NO2/c1-7-4-5-18-12-9-3-2-8(14(15,16)17)6-10(9)20-13(19)11(7)12/h2-6H,1H3. The van der Waals surface area contributed by atoms with Crippen molar-refractivity contribution in [1.29, 1.82) is 0 Å². The highest BCUT2D eigenvalue weighted by atomic mass is 19.4. The van der Waals surface area contributed by atoms with Crippen LogP contribution in [0.1, 0.15) is 11.1 Å². The van der Waals surface area contributed by atoms with Gasteiger partial charge in [0.15, 0.2) is 0 Å². The van der Waals surface area contributed by atoms with E-state index in [1.54, 1.807) is 13.0 Å². The van der Waals surface area contributed by atoms with Gasteiger partial charge in [-0.1, -0.05) is 0 Å². The fourth-order valence-electron chi connectivity index (χ4n) is 2.15. The molecule has 102 valence electrons. The lowest BCUT2D eigenvalue weighted by molar-refractivity contribution is -0.137. The molecule has 0 bridgehead atoms. The van der Waals surface area contributed by atoms with Crippen molar-refractivity contribution >= 4 is 21.9 Å². The SMILES string of the molecule is Cc1ccnc2c1c(=O)oc1cc(C(F)(F)F)ccc12. The Hall–Kier alpha value is -2.37. The van der Waals surface area contributed by atoms with E-state index in [4.69, 9.17) is 4.42 Å². The Morgan fingerprint density at radius 2 is 1.95 bits per heavy atom. The van der Waals surface area contributed by atoms with Crippen molar-refractivity contribution in [2.45, 2.75) is 13.1 Å². The molecule has 0 atom stereocenters. The van der Waals surface area contributed by atoms with E-state index in [0.717, 1.165) is 12.1 Å². The number of benzene rings is 1. The van der Waals surface area contributed by atoms with Gasteiger partial charge in [-0.05, 0) is 36.8 Å². The van der Waals surface area contributed by atoms with Crippen LogP contribution in [0.3, 0.4) is 0 Å². The number of pyridine rings is 1. The molecular formula is C14H8F3NO2. The average molecular weight is 279 g/mol. The summed E-state index contributed by atoms with van der Waals surface area (Å²) in [5.41, 5.74) is -0.636. The van der Waals surface area contributed by atoms with E-state index in [1.807, 2.05) is 0 Å². The van der Waals surface area contributed by atoms with E-state index in [9.17, 15) is 18.0 Å². The second-order valence-electron chi connectivity index (χ2n) is 4.45. The molecule has 0 saturated heterocycles. The van der Waals surface area contributed by atoms with Gasteiger partial charge in [0.1, 0.15) is 5.58 Å². The number of fused-ring (bicyclic) bond motifs is 3. The molecule has 0 unspecified atom stereocenters. The molecule has 0 radical (unpaired) electrons. The number of halogens is 3. The van der Waals surface area contributed by atoms with Crippen LogP contribution in [0.4, 0.5) is 13.2 Å². The van der Waals surface area contributed by atoms with Gasteiger partial charge in [-0.2, -0.15) is 13.2 Å². The number of aryl methyl sites for hydroxylation is 1. The Morgan fingerprint density at radius 1 is 1.20 bits per heavy atom. The largest absolute Gasteiger partial charge is 0.422 e. The predicted molar refractivity (Wildman–Crippen MR) is 67.5 cm³/mol. The molecule has 0 aliphatic heterocycles. The summed E-state index contributed by atoms with van der Waals surface area (Å²) in [6.45, 7) is 1.72. The van der Waals surface area contributed by atoms with Crippen molar-refractivity contribution in [3.05, 3.63) is 52.0 Å². The van der Waals surface area contributed by atoms with Crippen LogP contribution in [0.5, 0.6) is 0 Å². The van der Waals surface area contributed by atoms with Gasteiger partial charge in [-0.15, -0.1) is 0 Å². The van der Waals surface area contributed by atoms with E-state index >= 15 is 0 Å². The normalized spacial score (nSPS) is 12.2. The van der Waals surface area contributed by atoms with E-state index in [2.05, 4.69) is 4.98 Å². The number of alkyl halides is 3. The van der Waals surface area contributed by atoms with Crippen molar-refractivity contribution in [2.75, 3.05) is 0 Å². The minimum Gasteiger partial charge on any atom is -0.422 e. The fraction of sp³-hybridized carbons (Fsp3) is 0.143. The average Bonchev–Trinajstić information content (AvgIpc) is 2.37. The summed E-state index contributed by atoms with van der Waals surface area (Å²) in [7, 11) is 0. The van der Waals surface area contributed by atoms with Gasteiger partial charge in [0.05, 0.1) is 16.5 Å². The zero-order chi connectivity index (χ0) is 14.5. The third-order valence-corrected chi connectivity index (χ3v) is 3.13. The first-order valence-electron chi connectivity index (χ1n) is 5.77. The maximum absolute atomic E-state index is 12.7. The van der Waals surface area contributed by atoms with Crippen LogP contribution in [-0.2, 0) is 6.18 Å². The van der Waals surface area contributed by atoms with Crippen LogP contribution in [0.2, 0.25) is 0 Å². The van der Waals surface area contributed by atoms with Crippen LogP contribution in [-0.4, -0.2) is 4.98 Å². The van der Waals surface area contributed by atoms with Crippen LogP contribution < -0.4 is 5.63 Å². The molecule has 0 N–H and O–H groups in total. The molecule has 3 rings (SSSR count). The quantitative estimate of drug-likeness (QED) is 0.466. The Morgan fingerprint density at radius 3 is 2.65 bits per heavy atom. The Bertz CT molecular complexity index is 881. The van der Waals surface area contributed by atoms with Crippen LogP contribution in [0, 0.1) is 6.92 Å². The molecule has 1 aromatic carbocycles. The van der Waals surface area contributed by atoms with Gasteiger partial charge in [-0.3, -0.25) is 4.98 Å². The minimum absolute atomic E-state index is 0.115. The van der Waals surface area contributed by atoms with Crippen molar-refractivity contribution in [1.82, 2.24) is 4.98 Å². The molecular weight excluding hydrogens is 271 g/mol. The van der Waals surface area contributed by atoms with E-state index in [1.165, 1.54) is 12.3 Å². The van der Waals surface area contributed by atoms with Crippen molar-refractivity contribution in [3.8, 4) is 0 Å². The molecule has 0 saturated carbocycles. The highest BCUT2D eigenvalue weighted by molar-refractivity contribution is 6.02. The second-order valence-corrected chi connectivity index (χ2v) is 4.45. The number of nitrogens with zero attached hydrogens (tertiary/aromatic N) is 1. The van der Waals surface area contributed by atoms with Gasteiger partial charge >= 0.3 is 11.8 Å². The Labute approximate surface area is 110 Å². The summed E-state index contributed by atoms with van der Waals surface area (Å²) in [6, 6.07) is 4.69. The van der Waals surface area contributed by atoms with Crippen molar-refractivity contribution < 1.29 is 17.6 Å². The highest BCUT2D eigenvalue weighted by Gasteiger charge is 2.31. The molecule has 20 heavy (non-hydrogen) atoms. The summed E-state index contributed by atoms with van der Waals surface area (Å²) in [6.07, 6.45) is -2.98. The number of hydrogen-bond acceptors (Lipinski definition) is 3. The molecule has 2 aromatic heterocycles. The summed E-state index contributed by atoms with van der Waals surface area (Å²) in [4.78, 5) is 16.0. The van der Waals surface area contributed by atoms with Crippen LogP contribution in [0.15, 0.2) is 39.7 Å². The molecule has 2 heterocycles. The van der Waals surface area contributed by atoms with Gasteiger partial charge in [0.25, 0.3) is 0 Å². The zero-order valence-electron chi connectivity index (χ0n) is 10.3. The second kappa shape index (κ2) is 4.06. The summed E-state index contributed by atoms with van der Waals surface area (Å²) in [5, 5.41) is 0.677. The van der Waals surface area contributed by atoms with E-state index in [0.29, 0.717) is 21.9 Å². The Kier molecular flexibility index (Phi) is 2.57. The molecule has 0 aliphatic rings. The third kappa shape index (κ3) is 1.84. The maximum atomic E-state index is 12.7. The maximum Gasteiger partial charge on any atom is 0.416 e. The van der Waals surface area contributed by atoms with Crippen LogP contribution >= 0.6 is 0 Å². The lowest BCUT2D eigenvalue weighted by Crippen LogP contribution is -2.06. The molecule has 0 fully saturated rings. The molecule has 3 aromatic rings. The summed E-state index contributed by atoms with van der Waals surface area (Å²) < 4.78 is 43.0. The zero-order valence-corrected chi connectivity index (χ0v) is 10.3. The minimum atomic E-state index is -4.48. The number of aromatic nitrogens is 1. The molecule has 0 spiro atoms. The summed E-state index contributed by atoms with van der Waals surface area (Å²) >= 11 is 0. The van der Waals surface area contributed by atoms with Gasteiger partial charge in [0, 0.05) is 11.6 Å². The third-order valence-electron chi connectivity index (χ3n) is 3.13. The van der Waals surface area contributed by atoms with Gasteiger partial charge < -0.3 is 4.42 Å². The molecule has 0 aliphatic carbocycles. The number of hydrogen-bond donors (Lipinski definition) is 0. The topological polar surface area (TPSA) is 43.1 Å². The van der Waals surface area contributed by atoms with Gasteiger partial charge in [0.2, 0.25) is 0 Å². The summed E-state index contributed by atoms with van der Waals surface area (Å²) in [5.74, 6) is 0. The fourth-order valence-corrected chi connectivity index (χ4v) is 2.15. The molecule has 6 heteroatoms. The molecule has 0 amide bonds. The van der Waals surface area contributed by atoms with E-state index < -0.39 is 17.4 Å². The van der Waals surface area contributed by atoms with Crippen molar-refractivity contribution in [3.63, 3.8) is 0 Å². The lowest BCUT2D eigenvalue weighted by Gasteiger charge is -2.08. The molecule has 3 nitrogen and oxygen atoms in total. The lowest BCUT2D eigenvalue weighted by atomic mass is 10.1. The number of rotatable bonds is 0. The first-order valence-corrected chi connectivity index (χ1v) is 5.77. The predicted octanol–water partition coefficient (Wildman–Crippen LogP) is 3.67. The first-order chi connectivity index (χ1) is 9.38. The van der Waals surface area contributed by atoms with Gasteiger partial charge in [-0.25, -0.2) is 4.79 Å².